The van der Waals surface area contributed by atoms with E-state index in [4.69, 9.17) is 10.5 Å². The molecule has 1 amide bonds. The smallest absolute Gasteiger partial charge is 0.444 e. The van der Waals surface area contributed by atoms with Crippen LogP contribution in [0.25, 0.3) is 0 Å². The lowest BCUT2D eigenvalue weighted by molar-refractivity contribution is -0.274. The van der Waals surface area contributed by atoms with E-state index in [9.17, 15) is 18.0 Å². The van der Waals surface area contributed by atoms with Crippen LogP contribution in [0.3, 0.4) is 0 Å². The van der Waals surface area contributed by atoms with Gasteiger partial charge in [-0.2, -0.15) is 0 Å². The van der Waals surface area contributed by atoms with E-state index in [0.717, 1.165) is 0 Å². The number of hydrogen-bond donors (Lipinski definition) is 1. The van der Waals surface area contributed by atoms with Crippen LogP contribution in [-0.2, 0) is 4.74 Å². The van der Waals surface area contributed by atoms with Crippen LogP contribution in [0.1, 0.15) is 32.3 Å². The van der Waals surface area contributed by atoms with Gasteiger partial charge in [0.05, 0.1) is 0 Å². The highest BCUT2D eigenvalue weighted by atomic mass is 19.4. The fourth-order valence-electron chi connectivity index (χ4n) is 2.60. The number of benzene rings is 1. The van der Waals surface area contributed by atoms with E-state index in [-0.39, 0.29) is 24.8 Å². The normalized spacial score (nSPS) is 21.7. The van der Waals surface area contributed by atoms with Gasteiger partial charge in [0, 0.05) is 25.0 Å². The Bertz CT molecular complexity index is 599. The van der Waals surface area contributed by atoms with Gasteiger partial charge in [-0.25, -0.2) is 4.79 Å². The number of likely N-dealkylation sites (tertiary alicyclic amines) is 1. The highest BCUT2D eigenvalue weighted by molar-refractivity contribution is 5.69. The van der Waals surface area contributed by atoms with E-state index >= 15 is 0 Å². The first kappa shape index (κ1) is 18.4. The van der Waals surface area contributed by atoms with Crippen LogP contribution in [0.2, 0.25) is 0 Å². The molecule has 0 radical (unpaired) electrons. The summed E-state index contributed by atoms with van der Waals surface area (Å²) in [6.07, 6.45) is -5.23. The van der Waals surface area contributed by atoms with Gasteiger partial charge in [-0.3, -0.25) is 0 Å². The third-order valence-corrected chi connectivity index (χ3v) is 3.54. The van der Waals surface area contributed by atoms with Crippen molar-refractivity contribution in [1.82, 2.24) is 4.90 Å². The fourth-order valence-corrected chi connectivity index (χ4v) is 2.60. The Labute approximate surface area is 138 Å². The van der Waals surface area contributed by atoms with Crippen molar-refractivity contribution < 1.29 is 27.4 Å². The molecule has 2 atom stereocenters. The fraction of sp³-hybridized carbons (Fsp3) is 0.562. The number of hydrogen-bond acceptors (Lipinski definition) is 4. The Morgan fingerprint density at radius 3 is 2.50 bits per heavy atom. The molecule has 2 N–H and O–H groups in total. The standard InChI is InChI=1S/C16H21F3N2O3/c1-15(2,3)24-14(22)21-8-12(13(20)9-21)10-5-4-6-11(7-10)23-16(17,18)19/h4-7,12-13H,8-9,20H2,1-3H3. The largest absolute Gasteiger partial charge is 0.573 e. The quantitative estimate of drug-likeness (QED) is 0.893. The van der Waals surface area contributed by atoms with Crippen LogP contribution in [0.4, 0.5) is 18.0 Å². The minimum atomic E-state index is -4.75. The summed E-state index contributed by atoms with van der Waals surface area (Å²) in [5.41, 5.74) is 6.04. The Balaban J connectivity index is 2.10. The van der Waals surface area contributed by atoms with Crippen molar-refractivity contribution in [3.8, 4) is 5.75 Å². The zero-order valence-electron chi connectivity index (χ0n) is 13.8. The second-order valence-corrected chi connectivity index (χ2v) is 6.78. The maximum absolute atomic E-state index is 12.3. The van der Waals surface area contributed by atoms with Crippen LogP contribution in [0.15, 0.2) is 24.3 Å². The van der Waals surface area contributed by atoms with E-state index < -0.39 is 24.1 Å². The van der Waals surface area contributed by atoms with Crippen molar-refractivity contribution in [2.24, 2.45) is 5.73 Å². The number of rotatable bonds is 2. The number of carbonyl (C=O) groups is 1. The number of nitrogens with zero attached hydrogens (tertiary/aromatic N) is 1. The zero-order valence-corrected chi connectivity index (χ0v) is 13.8. The predicted octanol–water partition coefficient (Wildman–Crippen LogP) is 3.25. The summed E-state index contributed by atoms with van der Waals surface area (Å²) < 4.78 is 46.2. The Morgan fingerprint density at radius 2 is 1.92 bits per heavy atom. The molecule has 1 aromatic carbocycles. The minimum absolute atomic E-state index is 0.282. The number of halogens is 3. The molecule has 0 bridgehead atoms. The lowest BCUT2D eigenvalue weighted by Gasteiger charge is -2.24. The lowest BCUT2D eigenvalue weighted by atomic mass is 9.95. The summed E-state index contributed by atoms with van der Waals surface area (Å²) in [5.74, 6) is -0.586. The summed E-state index contributed by atoms with van der Waals surface area (Å²) in [4.78, 5) is 13.6. The minimum Gasteiger partial charge on any atom is -0.444 e. The van der Waals surface area contributed by atoms with E-state index in [1.807, 2.05) is 0 Å². The van der Waals surface area contributed by atoms with Gasteiger partial charge < -0.3 is 20.1 Å². The van der Waals surface area contributed by atoms with E-state index in [1.165, 1.54) is 23.1 Å². The molecular weight excluding hydrogens is 325 g/mol. The molecule has 2 rings (SSSR count). The van der Waals surface area contributed by atoms with Gasteiger partial charge in [-0.15, -0.1) is 13.2 Å². The van der Waals surface area contributed by atoms with E-state index in [2.05, 4.69) is 4.74 Å². The van der Waals surface area contributed by atoms with Gasteiger partial charge in [0.2, 0.25) is 0 Å². The molecule has 0 spiro atoms. The number of alkyl halides is 3. The second-order valence-electron chi connectivity index (χ2n) is 6.78. The van der Waals surface area contributed by atoms with Crippen molar-refractivity contribution >= 4 is 6.09 Å². The molecule has 1 fully saturated rings. The zero-order chi connectivity index (χ0) is 18.1. The molecule has 134 valence electrons. The summed E-state index contributed by atoms with van der Waals surface area (Å²) >= 11 is 0. The first-order valence-corrected chi connectivity index (χ1v) is 7.54. The molecule has 24 heavy (non-hydrogen) atoms. The molecule has 1 aromatic rings. The van der Waals surface area contributed by atoms with Gasteiger partial charge in [-0.1, -0.05) is 12.1 Å². The van der Waals surface area contributed by atoms with Crippen molar-refractivity contribution in [3.63, 3.8) is 0 Å². The maximum atomic E-state index is 12.3. The van der Waals surface area contributed by atoms with Gasteiger partial charge in [0.1, 0.15) is 11.4 Å². The van der Waals surface area contributed by atoms with Gasteiger partial charge in [-0.05, 0) is 38.5 Å². The van der Waals surface area contributed by atoms with E-state index in [1.54, 1.807) is 26.8 Å². The number of carbonyl (C=O) groups excluding carboxylic acids is 1. The lowest BCUT2D eigenvalue weighted by Crippen LogP contribution is -2.36. The Kier molecular flexibility index (Phi) is 4.98. The Hall–Kier alpha value is -1.96. The molecule has 0 saturated carbocycles. The first-order valence-electron chi connectivity index (χ1n) is 7.54. The average Bonchev–Trinajstić information content (AvgIpc) is 2.77. The van der Waals surface area contributed by atoms with Crippen LogP contribution >= 0.6 is 0 Å². The van der Waals surface area contributed by atoms with Gasteiger partial charge >= 0.3 is 12.5 Å². The van der Waals surface area contributed by atoms with Crippen LogP contribution in [-0.4, -0.2) is 42.1 Å². The van der Waals surface area contributed by atoms with Gasteiger partial charge in [0.25, 0.3) is 0 Å². The van der Waals surface area contributed by atoms with Gasteiger partial charge in [0.15, 0.2) is 0 Å². The molecule has 0 aromatic heterocycles. The molecule has 2 unspecified atom stereocenters. The molecule has 0 aliphatic carbocycles. The molecule has 1 heterocycles. The maximum Gasteiger partial charge on any atom is 0.573 e. The SMILES string of the molecule is CC(C)(C)OC(=O)N1CC(N)C(c2cccc(OC(F)(F)F)c2)C1. The summed E-state index contributed by atoms with van der Waals surface area (Å²) in [7, 11) is 0. The van der Waals surface area contributed by atoms with Crippen molar-refractivity contribution in [2.75, 3.05) is 13.1 Å². The molecule has 8 heteroatoms. The van der Waals surface area contributed by atoms with Crippen molar-refractivity contribution in [2.45, 2.75) is 44.7 Å². The molecule has 5 nitrogen and oxygen atoms in total. The number of ether oxygens (including phenoxy) is 2. The summed E-state index contributed by atoms with van der Waals surface area (Å²) in [6.45, 7) is 5.85. The predicted molar refractivity (Wildman–Crippen MR) is 81.6 cm³/mol. The first-order chi connectivity index (χ1) is 10.9. The Morgan fingerprint density at radius 1 is 1.25 bits per heavy atom. The number of nitrogens with two attached hydrogens (primary N) is 1. The highest BCUT2D eigenvalue weighted by Crippen LogP contribution is 2.31. The third-order valence-electron chi connectivity index (χ3n) is 3.54. The molecular formula is C16H21F3N2O3. The van der Waals surface area contributed by atoms with Crippen LogP contribution in [0.5, 0.6) is 5.75 Å². The second kappa shape index (κ2) is 6.51. The summed E-state index contributed by atoms with van der Waals surface area (Å²) in [6, 6.07) is 5.28. The number of amides is 1. The summed E-state index contributed by atoms with van der Waals surface area (Å²) in [5, 5.41) is 0. The van der Waals surface area contributed by atoms with E-state index in [0.29, 0.717) is 5.56 Å². The highest BCUT2D eigenvalue weighted by Gasteiger charge is 2.37. The topological polar surface area (TPSA) is 64.8 Å². The van der Waals surface area contributed by atoms with Crippen molar-refractivity contribution in [1.29, 1.82) is 0 Å². The van der Waals surface area contributed by atoms with Crippen molar-refractivity contribution in [3.05, 3.63) is 29.8 Å². The molecule has 1 saturated heterocycles. The molecule has 1 aliphatic heterocycles. The third kappa shape index (κ3) is 5.02. The monoisotopic (exact) mass is 346 g/mol. The van der Waals surface area contributed by atoms with Crippen LogP contribution in [0, 0.1) is 0 Å². The van der Waals surface area contributed by atoms with Crippen LogP contribution < -0.4 is 10.5 Å². The molecule has 1 aliphatic rings. The average molecular weight is 346 g/mol.